The summed E-state index contributed by atoms with van der Waals surface area (Å²) in [6.45, 7) is 0.414. The Kier molecular flexibility index (Phi) is 5.07. The summed E-state index contributed by atoms with van der Waals surface area (Å²) < 4.78 is 9.31. The lowest BCUT2D eigenvalue weighted by Gasteiger charge is -2.27. The molecule has 0 aliphatic carbocycles. The van der Waals surface area contributed by atoms with Crippen molar-refractivity contribution in [2.45, 2.75) is 18.9 Å². The van der Waals surface area contributed by atoms with Gasteiger partial charge < -0.3 is 10.1 Å². The molecule has 0 saturated heterocycles. The third-order valence-electron chi connectivity index (χ3n) is 6.45. The number of hydrogen-bond acceptors (Lipinski definition) is 4. The number of nitrogens with one attached hydrogen (secondary N) is 1. The van der Waals surface area contributed by atoms with Crippen LogP contribution in [0.3, 0.4) is 0 Å². The fourth-order valence-corrected chi connectivity index (χ4v) is 4.81. The molecule has 0 saturated carbocycles. The Morgan fingerprint density at radius 2 is 1.77 bits per heavy atom. The van der Waals surface area contributed by atoms with Gasteiger partial charge >= 0.3 is 0 Å². The molecule has 6 rings (SSSR count). The number of rotatable bonds is 4. The van der Waals surface area contributed by atoms with E-state index in [-0.39, 0.29) is 23.8 Å². The highest BCUT2D eigenvalue weighted by Crippen LogP contribution is 2.37. The van der Waals surface area contributed by atoms with Crippen LogP contribution in [-0.4, -0.2) is 19.9 Å². The molecule has 0 bridgehead atoms. The second-order valence-corrected chi connectivity index (χ2v) is 9.09. The summed E-state index contributed by atoms with van der Waals surface area (Å²) in [7, 11) is 1.71. The fourth-order valence-electron chi connectivity index (χ4n) is 4.69. The molecule has 5 aromatic rings. The molecular weight excluding hydrogens is 464 g/mol. The van der Waals surface area contributed by atoms with Crippen LogP contribution < -0.4 is 15.6 Å². The molecule has 35 heavy (non-hydrogen) atoms. The number of amides is 1. The van der Waals surface area contributed by atoms with Crippen molar-refractivity contribution >= 4 is 40.1 Å². The van der Waals surface area contributed by atoms with Gasteiger partial charge in [-0.25, -0.2) is 4.98 Å². The summed E-state index contributed by atoms with van der Waals surface area (Å²) in [6.07, 6.45) is 0.186. The molecule has 0 spiro atoms. The van der Waals surface area contributed by atoms with E-state index in [9.17, 15) is 9.59 Å². The zero-order chi connectivity index (χ0) is 24.1. The second kappa shape index (κ2) is 8.29. The lowest BCUT2D eigenvalue weighted by molar-refractivity contribution is -0.116. The fraction of sp³-hybridized carbons (Fsp3) is 0.148. The van der Waals surface area contributed by atoms with Crippen LogP contribution in [0.15, 0.2) is 77.6 Å². The molecule has 8 heteroatoms. The Morgan fingerprint density at radius 1 is 1.03 bits per heavy atom. The molecule has 2 aromatic heterocycles. The number of anilines is 1. The van der Waals surface area contributed by atoms with Gasteiger partial charge in [0.2, 0.25) is 11.7 Å². The van der Waals surface area contributed by atoms with Gasteiger partial charge in [-0.2, -0.15) is 0 Å². The van der Waals surface area contributed by atoms with Crippen molar-refractivity contribution in [1.29, 1.82) is 0 Å². The third-order valence-corrected chi connectivity index (χ3v) is 6.71. The van der Waals surface area contributed by atoms with Gasteiger partial charge in [0.05, 0.1) is 16.6 Å². The van der Waals surface area contributed by atoms with Crippen molar-refractivity contribution in [3.05, 3.63) is 105 Å². The minimum Gasteiger partial charge on any atom is -0.489 e. The number of nitrogens with zero attached hydrogens (tertiary/aromatic N) is 3. The Hall–Kier alpha value is -4.10. The van der Waals surface area contributed by atoms with Gasteiger partial charge in [-0.15, -0.1) is 0 Å². The smallest absolute Gasteiger partial charge is 0.260 e. The predicted octanol–water partition coefficient (Wildman–Crippen LogP) is 4.89. The molecule has 1 N–H and O–H groups in total. The van der Waals surface area contributed by atoms with Crippen LogP contribution in [0.4, 0.5) is 5.82 Å². The van der Waals surface area contributed by atoms with E-state index >= 15 is 0 Å². The van der Waals surface area contributed by atoms with Gasteiger partial charge in [-0.1, -0.05) is 48.0 Å². The highest BCUT2D eigenvalue weighted by Gasteiger charge is 2.33. The quantitative estimate of drug-likeness (QED) is 0.394. The third kappa shape index (κ3) is 3.65. The lowest BCUT2D eigenvalue weighted by atomic mass is 9.86. The average molecular weight is 485 g/mol. The number of para-hydroxylation sites is 2. The van der Waals surface area contributed by atoms with Gasteiger partial charge in [0, 0.05) is 24.4 Å². The zero-order valence-corrected chi connectivity index (χ0v) is 19.6. The number of benzene rings is 3. The van der Waals surface area contributed by atoms with E-state index in [1.165, 1.54) is 0 Å². The summed E-state index contributed by atoms with van der Waals surface area (Å²) in [5, 5.41) is 3.62. The standard InChI is InChI=1S/C27H21ClN4O3/c1-31-26(34)24-20(17-8-12-19(13-9-17)35-15-16-6-10-18(28)11-7-16)14-23(33)30-25(24)32-22-5-3-2-4-21(22)29-27(31)32/h2-13,20H,14-15H2,1H3,(H,30,33). The molecule has 1 unspecified atom stereocenters. The van der Waals surface area contributed by atoms with E-state index in [0.29, 0.717) is 34.5 Å². The monoisotopic (exact) mass is 484 g/mol. The van der Waals surface area contributed by atoms with Crippen LogP contribution in [0, 0.1) is 0 Å². The predicted molar refractivity (Wildman–Crippen MR) is 135 cm³/mol. The maximum atomic E-state index is 13.5. The molecule has 3 heterocycles. The summed E-state index contributed by atoms with van der Waals surface area (Å²) in [5.41, 5.74) is 3.86. The van der Waals surface area contributed by atoms with E-state index in [2.05, 4.69) is 10.3 Å². The molecule has 7 nitrogen and oxygen atoms in total. The van der Waals surface area contributed by atoms with Gasteiger partial charge in [-0.3, -0.25) is 18.6 Å². The molecule has 0 fully saturated rings. The first-order valence-corrected chi connectivity index (χ1v) is 11.6. The van der Waals surface area contributed by atoms with Gasteiger partial charge in [0.1, 0.15) is 18.2 Å². The Balaban J connectivity index is 1.39. The molecule has 1 atom stereocenters. The highest BCUT2D eigenvalue weighted by molar-refractivity contribution is 6.30. The number of carbonyl (C=O) groups excluding carboxylic acids is 1. The van der Waals surface area contributed by atoms with Crippen molar-refractivity contribution in [1.82, 2.24) is 14.0 Å². The van der Waals surface area contributed by atoms with E-state index in [4.69, 9.17) is 16.3 Å². The number of imidazole rings is 1. The van der Waals surface area contributed by atoms with Crippen LogP contribution in [0.5, 0.6) is 5.75 Å². The van der Waals surface area contributed by atoms with Crippen LogP contribution in [0.1, 0.15) is 29.0 Å². The lowest BCUT2D eigenvalue weighted by Crippen LogP contribution is -2.35. The second-order valence-electron chi connectivity index (χ2n) is 8.65. The van der Waals surface area contributed by atoms with Gasteiger partial charge in [0.25, 0.3) is 5.56 Å². The number of aryl methyl sites for hydroxylation is 1. The minimum absolute atomic E-state index is 0.141. The molecule has 1 aliphatic heterocycles. The summed E-state index contributed by atoms with van der Waals surface area (Å²) in [6, 6.07) is 22.7. The summed E-state index contributed by atoms with van der Waals surface area (Å²) >= 11 is 5.94. The maximum absolute atomic E-state index is 13.5. The van der Waals surface area contributed by atoms with Crippen molar-refractivity contribution < 1.29 is 9.53 Å². The van der Waals surface area contributed by atoms with E-state index < -0.39 is 0 Å². The first-order chi connectivity index (χ1) is 17.0. The van der Waals surface area contributed by atoms with Crippen molar-refractivity contribution in [2.24, 2.45) is 7.05 Å². The van der Waals surface area contributed by atoms with Crippen molar-refractivity contribution in [3.63, 3.8) is 0 Å². The highest BCUT2D eigenvalue weighted by atomic mass is 35.5. The number of ether oxygens (including phenoxy) is 1. The van der Waals surface area contributed by atoms with Crippen molar-refractivity contribution in [3.8, 4) is 5.75 Å². The Bertz CT molecular complexity index is 1650. The first kappa shape index (κ1) is 21.4. The number of halogens is 1. The zero-order valence-electron chi connectivity index (χ0n) is 18.9. The SMILES string of the molecule is Cn1c(=O)c2c(n3c4ccccc4nc13)NC(=O)CC2c1ccc(OCc2ccc(Cl)cc2)cc1. The van der Waals surface area contributed by atoms with Crippen LogP contribution >= 0.6 is 11.6 Å². The van der Waals surface area contributed by atoms with Crippen LogP contribution in [0.25, 0.3) is 16.8 Å². The van der Waals surface area contributed by atoms with E-state index in [0.717, 1.165) is 22.2 Å². The number of carbonyl (C=O) groups is 1. The number of aromatic nitrogens is 3. The van der Waals surface area contributed by atoms with Crippen LogP contribution in [0.2, 0.25) is 5.02 Å². The first-order valence-electron chi connectivity index (χ1n) is 11.3. The topological polar surface area (TPSA) is 77.6 Å². The van der Waals surface area contributed by atoms with Crippen molar-refractivity contribution in [2.75, 3.05) is 5.32 Å². The van der Waals surface area contributed by atoms with Crippen LogP contribution in [-0.2, 0) is 18.4 Å². The molecule has 0 radical (unpaired) electrons. The Morgan fingerprint density at radius 3 is 2.54 bits per heavy atom. The maximum Gasteiger partial charge on any atom is 0.260 e. The van der Waals surface area contributed by atoms with Gasteiger partial charge in [-0.05, 0) is 47.5 Å². The summed E-state index contributed by atoms with van der Waals surface area (Å²) in [4.78, 5) is 30.9. The largest absolute Gasteiger partial charge is 0.489 e. The molecule has 3 aromatic carbocycles. The molecule has 1 amide bonds. The van der Waals surface area contributed by atoms with E-state index in [1.807, 2.05) is 77.2 Å². The molecular formula is C27H21ClN4O3. The minimum atomic E-state index is -0.381. The number of hydrogen-bond donors (Lipinski definition) is 1. The Labute approximate surface area is 205 Å². The molecule has 1 aliphatic rings. The summed E-state index contributed by atoms with van der Waals surface area (Å²) in [5.74, 6) is 1.15. The number of fused-ring (bicyclic) bond motifs is 5. The average Bonchev–Trinajstić information content (AvgIpc) is 3.27. The van der Waals surface area contributed by atoms with E-state index in [1.54, 1.807) is 11.6 Å². The molecule has 174 valence electrons. The normalized spacial score (nSPS) is 15.3. The van der Waals surface area contributed by atoms with Gasteiger partial charge in [0.15, 0.2) is 0 Å².